The minimum absolute atomic E-state index is 0.128. The number of hydrogen-bond acceptors (Lipinski definition) is 7. The first-order valence-corrected chi connectivity index (χ1v) is 10.0. The van der Waals surface area contributed by atoms with Crippen LogP contribution in [0.5, 0.6) is 23.1 Å². The average Bonchev–Trinajstić information content (AvgIpc) is 3.28. The second-order valence-electron chi connectivity index (χ2n) is 7.44. The summed E-state index contributed by atoms with van der Waals surface area (Å²) in [5.41, 5.74) is 4.18. The summed E-state index contributed by atoms with van der Waals surface area (Å²) in [6, 6.07) is 16.7. The molecule has 0 saturated carbocycles. The van der Waals surface area contributed by atoms with Gasteiger partial charge in [0.25, 0.3) is 0 Å². The van der Waals surface area contributed by atoms with Crippen molar-refractivity contribution in [3.8, 4) is 34.5 Å². The number of fused-ring (bicyclic) bond motifs is 4. The van der Waals surface area contributed by atoms with E-state index < -0.39 is 0 Å². The third-order valence-electron chi connectivity index (χ3n) is 5.56. The van der Waals surface area contributed by atoms with Gasteiger partial charge in [0.2, 0.25) is 5.88 Å². The maximum Gasteiger partial charge on any atom is 0.228 e. The van der Waals surface area contributed by atoms with Gasteiger partial charge in [-0.25, -0.2) is 14.5 Å². The van der Waals surface area contributed by atoms with Gasteiger partial charge in [0.15, 0.2) is 11.5 Å². The summed E-state index contributed by atoms with van der Waals surface area (Å²) in [6.45, 7) is 0. The lowest BCUT2D eigenvalue weighted by atomic mass is 9.84. The maximum atomic E-state index is 10.0. The molecule has 6 rings (SSSR count). The number of phenolic OH excluding ortho intramolecular Hbond substituents is 1. The molecular weight excluding hydrogens is 406 g/mol. The molecule has 0 amide bonds. The van der Waals surface area contributed by atoms with Crippen molar-refractivity contribution < 1.29 is 14.6 Å². The zero-order valence-electron chi connectivity index (χ0n) is 17.0. The summed E-state index contributed by atoms with van der Waals surface area (Å²) in [4.78, 5) is 13.5. The van der Waals surface area contributed by atoms with Crippen LogP contribution in [0.2, 0.25) is 0 Å². The monoisotopic (exact) mass is 423 g/mol. The number of phenols is 1. The smallest absolute Gasteiger partial charge is 0.228 e. The predicted molar refractivity (Wildman–Crippen MR) is 116 cm³/mol. The fourth-order valence-corrected chi connectivity index (χ4v) is 4.06. The highest BCUT2D eigenvalue weighted by molar-refractivity contribution is 5.68. The molecule has 0 aliphatic carbocycles. The largest absolute Gasteiger partial charge is 0.508 e. The normalized spacial score (nSPS) is 14.5. The number of methoxy groups -OCH3 is 1. The van der Waals surface area contributed by atoms with Crippen LogP contribution in [0.1, 0.15) is 22.6 Å². The van der Waals surface area contributed by atoms with E-state index >= 15 is 0 Å². The van der Waals surface area contributed by atoms with Gasteiger partial charge in [-0.3, -0.25) is 4.98 Å². The van der Waals surface area contributed by atoms with Crippen LogP contribution < -0.4 is 9.47 Å². The highest BCUT2D eigenvalue weighted by atomic mass is 16.5. The van der Waals surface area contributed by atoms with Gasteiger partial charge in [-0.15, -0.1) is 5.10 Å². The lowest BCUT2D eigenvalue weighted by Gasteiger charge is -2.28. The number of nitrogens with zero attached hydrogens (tertiary/aromatic N) is 5. The Bertz CT molecular complexity index is 1450. The Morgan fingerprint density at radius 3 is 2.75 bits per heavy atom. The van der Waals surface area contributed by atoms with E-state index in [1.54, 1.807) is 42.5 Å². The van der Waals surface area contributed by atoms with E-state index in [-0.39, 0.29) is 11.7 Å². The fourth-order valence-electron chi connectivity index (χ4n) is 4.06. The molecule has 32 heavy (non-hydrogen) atoms. The van der Waals surface area contributed by atoms with Crippen LogP contribution in [-0.4, -0.2) is 36.8 Å². The summed E-state index contributed by atoms with van der Waals surface area (Å²) in [5, 5.41) is 14.6. The summed E-state index contributed by atoms with van der Waals surface area (Å²) in [5.74, 6) is 2.22. The first-order valence-electron chi connectivity index (χ1n) is 10.0. The molecule has 0 bridgehead atoms. The van der Waals surface area contributed by atoms with Gasteiger partial charge < -0.3 is 14.6 Å². The number of aromatic hydroxyl groups is 1. The van der Waals surface area contributed by atoms with E-state index in [2.05, 4.69) is 15.1 Å². The molecule has 1 atom stereocenters. The Hall–Kier alpha value is -4.46. The van der Waals surface area contributed by atoms with E-state index in [0.29, 0.717) is 23.1 Å². The minimum atomic E-state index is -0.220. The average molecular weight is 423 g/mol. The summed E-state index contributed by atoms with van der Waals surface area (Å²) < 4.78 is 13.1. The molecule has 2 aromatic carbocycles. The molecule has 0 radical (unpaired) electrons. The number of rotatable bonds is 3. The predicted octanol–water partition coefficient (Wildman–Crippen LogP) is 4.19. The Labute approximate surface area is 182 Å². The highest BCUT2D eigenvalue weighted by Gasteiger charge is 2.33. The van der Waals surface area contributed by atoms with Crippen LogP contribution in [0.4, 0.5) is 0 Å². The van der Waals surface area contributed by atoms with Crippen molar-refractivity contribution in [1.82, 2.24) is 24.6 Å². The summed E-state index contributed by atoms with van der Waals surface area (Å²) in [6.07, 6.45) is 5.02. The Kier molecular flexibility index (Phi) is 4.04. The molecule has 1 N–H and O–H groups in total. The molecule has 8 heteroatoms. The standard InChI is InChI=1S/C24H17N5O3/c1-31-17-7-4-14(5-8-17)20-18-9-6-16(30)11-19(18)32-24-21(20)23-27-22(28-29(23)13-26-24)15-3-2-10-25-12-15/h2-13,20,30H,1H3. The Morgan fingerprint density at radius 2 is 1.97 bits per heavy atom. The summed E-state index contributed by atoms with van der Waals surface area (Å²) >= 11 is 0. The Morgan fingerprint density at radius 1 is 1.09 bits per heavy atom. The first-order chi connectivity index (χ1) is 15.7. The molecule has 1 aliphatic heterocycles. The van der Waals surface area contributed by atoms with Crippen LogP contribution in [0.3, 0.4) is 0 Å². The Balaban J connectivity index is 1.60. The minimum Gasteiger partial charge on any atom is -0.508 e. The highest BCUT2D eigenvalue weighted by Crippen LogP contribution is 2.48. The van der Waals surface area contributed by atoms with Gasteiger partial charge in [-0.05, 0) is 35.9 Å². The SMILES string of the molecule is COc1ccc(C2c3ccc(O)cc3Oc3ncn4nc(-c5cccnc5)nc4c32)cc1. The van der Waals surface area contributed by atoms with E-state index in [9.17, 15) is 5.11 Å². The molecule has 1 aliphatic rings. The van der Waals surface area contributed by atoms with Crippen LogP contribution in [0.25, 0.3) is 17.0 Å². The van der Waals surface area contributed by atoms with Crippen molar-refractivity contribution in [3.05, 3.63) is 90.0 Å². The first kappa shape index (κ1) is 18.3. The number of pyridine rings is 1. The zero-order valence-corrected chi connectivity index (χ0v) is 17.0. The second kappa shape index (κ2) is 7.05. The summed E-state index contributed by atoms with van der Waals surface area (Å²) in [7, 11) is 1.64. The van der Waals surface area contributed by atoms with Crippen LogP contribution in [0, 0.1) is 0 Å². The van der Waals surface area contributed by atoms with Gasteiger partial charge >= 0.3 is 0 Å². The van der Waals surface area contributed by atoms with E-state index in [1.165, 1.54) is 0 Å². The molecule has 156 valence electrons. The van der Waals surface area contributed by atoms with Crippen molar-refractivity contribution in [3.63, 3.8) is 0 Å². The van der Waals surface area contributed by atoms with Crippen molar-refractivity contribution in [2.24, 2.45) is 0 Å². The number of aromatic nitrogens is 5. The zero-order chi connectivity index (χ0) is 21.7. The molecule has 3 aromatic heterocycles. The number of hydrogen-bond donors (Lipinski definition) is 1. The van der Waals surface area contributed by atoms with Crippen molar-refractivity contribution in [1.29, 1.82) is 0 Å². The van der Waals surface area contributed by atoms with Crippen molar-refractivity contribution in [2.75, 3.05) is 7.11 Å². The van der Waals surface area contributed by atoms with Gasteiger partial charge in [0.05, 0.1) is 12.7 Å². The molecule has 0 saturated heterocycles. The van der Waals surface area contributed by atoms with Crippen molar-refractivity contribution in [2.45, 2.75) is 5.92 Å². The third kappa shape index (κ3) is 2.84. The topological polar surface area (TPSA) is 94.7 Å². The molecule has 8 nitrogen and oxygen atoms in total. The van der Waals surface area contributed by atoms with Gasteiger partial charge in [0.1, 0.15) is 23.6 Å². The van der Waals surface area contributed by atoms with E-state index in [1.807, 2.05) is 42.5 Å². The van der Waals surface area contributed by atoms with Crippen molar-refractivity contribution >= 4 is 5.65 Å². The second-order valence-corrected chi connectivity index (χ2v) is 7.44. The van der Waals surface area contributed by atoms with E-state index in [4.69, 9.17) is 14.5 Å². The van der Waals surface area contributed by atoms with Gasteiger partial charge in [-0.1, -0.05) is 18.2 Å². The molecule has 5 aromatic rings. The van der Waals surface area contributed by atoms with Gasteiger partial charge in [0, 0.05) is 35.5 Å². The van der Waals surface area contributed by atoms with Crippen LogP contribution in [-0.2, 0) is 0 Å². The fraction of sp³-hybridized carbons (Fsp3) is 0.0833. The van der Waals surface area contributed by atoms with Crippen LogP contribution in [0.15, 0.2) is 73.3 Å². The third-order valence-corrected chi connectivity index (χ3v) is 5.56. The number of ether oxygens (including phenoxy) is 2. The van der Waals surface area contributed by atoms with Crippen LogP contribution >= 0.6 is 0 Å². The molecule has 0 fully saturated rings. The lowest BCUT2D eigenvalue weighted by molar-refractivity contribution is 0.414. The van der Waals surface area contributed by atoms with E-state index in [0.717, 1.165) is 28.0 Å². The maximum absolute atomic E-state index is 10.0. The number of benzene rings is 2. The molecule has 0 spiro atoms. The quantitative estimate of drug-likeness (QED) is 0.456. The molecule has 1 unspecified atom stereocenters. The molecular formula is C24H17N5O3. The lowest BCUT2D eigenvalue weighted by Crippen LogP contribution is -2.15. The van der Waals surface area contributed by atoms with Gasteiger partial charge in [-0.2, -0.15) is 0 Å². The molecule has 4 heterocycles.